The summed E-state index contributed by atoms with van der Waals surface area (Å²) < 4.78 is 16.4. The highest BCUT2D eigenvalue weighted by Gasteiger charge is 2.35. The molecule has 0 amide bonds. The van der Waals surface area contributed by atoms with Crippen molar-refractivity contribution in [3.05, 3.63) is 17.2 Å². The first-order valence-corrected chi connectivity index (χ1v) is 9.41. The van der Waals surface area contributed by atoms with Gasteiger partial charge in [0.05, 0.1) is 27.4 Å². The number of nitrogens with one attached hydrogen (secondary N) is 1. The molecule has 0 aliphatic heterocycles. The maximum absolute atomic E-state index is 10.7. The molecule has 2 atom stereocenters. The van der Waals surface area contributed by atoms with E-state index in [1.165, 1.54) is 32.1 Å². The van der Waals surface area contributed by atoms with E-state index in [0.717, 1.165) is 30.5 Å². The summed E-state index contributed by atoms with van der Waals surface area (Å²) in [5, 5.41) is 14.2. The van der Waals surface area contributed by atoms with Gasteiger partial charge in [0, 0.05) is 11.6 Å². The second-order valence-corrected chi connectivity index (χ2v) is 6.69. The molecule has 0 unspecified atom stereocenters. The molecule has 0 saturated carbocycles. The number of aliphatic hydroxyl groups excluding tert-OH is 1. The number of unbranched alkanes of at least 4 members (excludes halogenated alkanes) is 5. The first kappa shape index (κ1) is 19.9. The largest absolute Gasteiger partial charge is 0.493 e. The Morgan fingerprint density at radius 1 is 1.00 bits per heavy atom. The van der Waals surface area contributed by atoms with Crippen molar-refractivity contribution in [3.8, 4) is 17.2 Å². The van der Waals surface area contributed by atoms with Crippen LogP contribution in [0.3, 0.4) is 0 Å². The molecule has 1 aliphatic rings. The summed E-state index contributed by atoms with van der Waals surface area (Å²) in [6.07, 6.45) is 7.79. The summed E-state index contributed by atoms with van der Waals surface area (Å²) in [6.45, 7) is 3.16. The lowest BCUT2D eigenvalue weighted by Gasteiger charge is -2.17. The average molecular weight is 351 g/mol. The molecular formula is C20H33NO4. The van der Waals surface area contributed by atoms with Crippen molar-refractivity contribution in [2.45, 2.75) is 64.0 Å². The van der Waals surface area contributed by atoms with Crippen molar-refractivity contribution in [2.24, 2.45) is 0 Å². The van der Waals surface area contributed by atoms with Crippen LogP contribution < -0.4 is 19.5 Å². The van der Waals surface area contributed by atoms with Crippen molar-refractivity contribution < 1.29 is 19.3 Å². The predicted octanol–water partition coefficient (Wildman–Crippen LogP) is 3.62. The van der Waals surface area contributed by atoms with Crippen LogP contribution in [0.1, 0.15) is 62.7 Å². The van der Waals surface area contributed by atoms with Crippen LogP contribution in [-0.2, 0) is 6.42 Å². The molecule has 5 heteroatoms. The third-order valence-electron chi connectivity index (χ3n) is 5.03. The summed E-state index contributed by atoms with van der Waals surface area (Å²) in [6, 6.07) is 1.88. The fourth-order valence-electron chi connectivity index (χ4n) is 3.63. The molecular weight excluding hydrogens is 318 g/mol. The Morgan fingerprint density at radius 2 is 1.68 bits per heavy atom. The van der Waals surface area contributed by atoms with Gasteiger partial charge in [0.2, 0.25) is 5.75 Å². The highest BCUT2D eigenvalue weighted by atomic mass is 16.5. The standard InChI is InChI=1S/C20H33NO4/c1-5-6-7-8-9-10-11-21-16-12-15-14(18(16)22)13-17(23-2)20(25-4)19(15)24-3/h13,16,18,21-22H,5-12H2,1-4H3/t16-,18-/m1/s1. The van der Waals surface area contributed by atoms with Crippen LogP contribution in [0.5, 0.6) is 17.2 Å². The van der Waals surface area contributed by atoms with E-state index < -0.39 is 6.10 Å². The number of hydrogen-bond donors (Lipinski definition) is 2. The van der Waals surface area contributed by atoms with E-state index in [1.807, 2.05) is 6.07 Å². The molecule has 1 aromatic carbocycles. The minimum atomic E-state index is -0.552. The molecule has 0 saturated heterocycles. The van der Waals surface area contributed by atoms with Gasteiger partial charge in [0.25, 0.3) is 0 Å². The second-order valence-electron chi connectivity index (χ2n) is 6.69. The first-order chi connectivity index (χ1) is 12.2. The molecule has 0 radical (unpaired) electrons. The summed E-state index contributed by atoms with van der Waals surface area (Å²) in [5.41, 5.74) is 1.88. The van der Waals surface area contributed by atoms with Crippen molar-refractivity contribution in [3.63, 3.8) is 0 Å². The minimum absolute atomic E-state index is 0.0105. The zero-order valence-electron chi connectivity index (χ0n) is 16.1. The molecule has 0 bridgehead atoms. The Bertz CT molecular complexity index is 547. The van der Waals surface area contributed by atoms with E-state index >= 15 is 0 Å². The summed E-state index contributed by atoms with van der Waals surface area (Å²) in [5.74, 6) is 1.85. The Hall–Kier alpha value is -1.46. The van der Waals surface area contributed by atoms with Gasteiger partial charge in [-0.1, -0.05) is 39.0 Å². The normalized spacial score (nSPS) is 18.9. The number of methoxy groups -OCH3 is 3. The lowest BCUT2D eigenvalue weighted by molar-refractivity contribution is 0.141. The van der Waals surface area contributed by atoms with Gasteiger partial charge in [-0.25, -0.2) is 0 Å². The van der Waals surface area contributed by atoms with Gasteiger partial charge < -0.3 is 24.6 Å². The molecule has 1 aliphatic carbocycles. The zero-order valence-corrected chi connectivity index (χ0v) is 16.1. The minimum Gasteiger partial charge on any atom is -0.493 e. The van der Waals surface area contributed by atoms with Gasteiger partial charge in [-0.05, 0) is 31.0 Å². The Kier molecular flexibility index (Phi) is 7.85. The zero-order chi connectivity index (χ0) is 18.2. The highest BCUT2D eigenvalue weighted by molar-refractivity contribution is 5.61. The van der Waals surface area contributed by atoms with E-state index in [0.29, 0.717) is 17.2 Å². The van der Waals surface area contributed by atoms with Gasteiger partial charge in [-0.3, -0.25) is 0 Å². The van der Waals surface area contributed by atoms with Gasteiger partial charge >= 0.3 is 0 Å². The summed E-state index contributed by atoms with van der Waals surface area (Å²) in [7, 11) is 4.83. The molecule has 2 rings (SSSR count). The average Bonchev–Trinajstić information content (AvgIpc) is 2.94. The van der Waals surface area contributed by atoms with Crippen molar-refractivity contribution in [1.29, 1.82) is 0 Å². The number of ether oxygens (including phenoxy) is 3. The molecule has 1 aromatic rings. The highest BCUT2D eigenvalue weighted by Crippen LogP contribution is 2.47. The van der Waals surface area contributed by atoms with E-state index in [-0.39, 0.29) is 6.04 Å². The number of hydrogen-bond acceptors (Lipinski definition) is 5. The number of fused-ring (bicyclic) bond motifs is 1. The van der Waals surface area contributed by atoms with Crippen molar-refractivity contribution in [2.75, 3.05) is 27.9 Å². The molecule has 142 valence electrons. The Labute approximate surface area is 151 Å². The molecule has 0 fully saturated rings. The van der Waals surface area contributed by atoms with E-state index in [9.17, 15) is 5.11 Å². The fraction of sp³-hybridized carbons (Fsp3) is 0.700. The van der Waals surface area contributed by atoms with Crippen molar-refractivity contribution >= 4 is 0 Å². The maximum Gasteiger partial charge on any atom is 0.203 e. The summed E-state index contributed by atoms with van der Waals surface area (Å²) >= 11 is 0. The van der Waals surface area contributed by atoms with E-state index in [2.05, 4.69) is 12.2 Å². The van der Waals surface area contributed by atoms with E-state index in [4.69, 9.17) is 14.2 Å². The molecule has 2 N–H and O–H groups in total. The fourth-order valence-corrected chi connectivity index (χ4v) is 3.63. The molecule has 0 heterocycles. The van der Waals surface area contributed by atoms with Crippen LogP contribution in [0, 0.1) is 0 Å². The number of aliphatic hydroxyl groups is 1. The van der Waals surface area contributed by atoms with Crippen LogP contribution in [0.15, 0.2) is 6.07 Å². The second kappa shape index (κ2) is 9.88. The van der Waals surface area contributed by atoms with E-state index in [1.54, 1.807) is 21.3 Å². The molecule has 0 spiro atoms. The third kappa shape index (κ3) is 4.59. The van der Waals surface area contributed by atoms with Gasteiger partial charge in [-0.2, -0.15) is 0 Å². The predicted molar refractivity (Wildman–Crippen MR) is 99.9 cm³/mol. The van der Waals surface area contributed by atoms with Gasteiger partial charge in [0.1, 0.15) is 0 Å². The summed E-state index contributed by atoms with van der Waals surface area (Å²) in [4.78, 5) is 0. The van der Waals surface area contributed by atoms with Crippen molar-refractivity contribution in [1.82, 2.24) is 5.32 Å². The Morgan fingerprint density at radius 3 is 2.32 bits per heavy atom. The van der Waals surface area contributed by atoms with Gasteiger partial charge in [0.15, 0.2) is 11.5 Å². The maximum atomic E-state index is 10.7. The number of rotatable bonds is 11. The topological polar surface area (TPSA) is 60.0 Å². The smallest absolute Gasteiger partial charge is 0.203 e. The van der Waals surface area contributed by atoms with Crippen LogP contribution in [-0.4, -0.2) is 39.0 Å². The monoisotopic (exact) mass is 351 g/mol. The van der Waals surface area contributed by atoms with Crippen LogP contribution in [0.25, 0.3) is 0 Å². The van der Waals surface area contributed by atoms with Crippen LogP contribution in [0.2, 0.25) is 0 Å². The molecule has 25 heavy (non-hydrogen) atoms. The Balaban J connectivity index is 1.97. The van der Waals surface area contributed by atoms with Gasteiger partial charge in [-0.15, -0.1) is 0 Å². The number of benzene rings is 1. The molecule has 0 aromatic heterocycles. The lowest BCUT2D eigenvalue weighted by atomic mass is 10.1. The lowest BCUT2D eigenvalue weighted by Crippen LogP contribution is -2.33. The first-order valence-electron chi connectivity index (χ1n) is 9.41. The molecule has 5 nitrogen and oxygen atoms in total. The quantitative estimate of drug-likeness (QED) is 0.596. The third-order valence-corrected chi connectivity index (χ3v) is 5.03. The SMILES string of the molecule is CCCCCCCCN[C@@H]1Cc2c(cc(OC)c(OC)c2OC)[C@H]1O. The van der Waals surface area contributed by atoms with Crippen LogP contribution in [0.4, 0.5) is 0 Å². The van der Waals surface area contributed by atoms with Crippen LogP contribution >= 0.6 is 0 Å².